The first kappa shape index (κ1) is 6.49. The van der Waals surface area contributed by atoms with Crippen LogP contribution in [0, 0.1) is 11.3 Å². The molecule has 0 aliphatic rings. The van der Waals surface area contributed by atoms with Gasteiger partial charge in [0.25, 0.3) is 0 Å². The van der Waals surface area contributed by atoms with Gasteiger partial charge in [-0.1, -0.05) is 5.21 Å². The third-order valence-corrected chi connectivity index (χ3v) is 0.949. The van der Waals surface area contributed by atoms with E-state index >= 15 is 0 Å². The van der Waals surface area contributed by atoms with Gasteiger partial charge in [-0.05, 0) is 6.08 Å². The van der Waals surface area contributed by atoms with Gasteiger partial charge in [0.15, 0.2) is 0 Å². The Bertz CT molecular complexity index is 278. The van der Waals surface area contributed by atoms with Crippen molar-refractivity contribution < 1.29 is 0 Å². The van der Waals surface area contributed by atoms with Crippen LogP contribution in [0.3, 0.4) is 0 Å². The standard InChI is InChI=1S/C6H6N4/c1-10-5-6(8-9-10)3-2-4-7/h2-3,5H,1H3/b3-2+. The fraction of sp³-hybridized carbons (Fsp3) is 0.167. The number of nitrogens with zero attached hydrogens (tertiary/aromatic N) is 4. The van der Waals surface area contributed by atoms with Crippen molar-refractivity contribution in [2.45, 2.75) is 0 Å². The summed E-state index contributed by atoms with van der Waals surface area (Å²) >= 11 is 0. The maximum Gasteiger partial charge on any atom is 0.106 e. The highest BCUT2D eigenvalue weighted by Gasteiger charge is 1.89. The smallest absolute Gasteiger partial charge is 0.106 e. The molecule has 0 bridgehead atoms. The number of hydrogen-bond acceptors (Lipinski definition) is 3. The maximum absolute atomic E-state index is 8.14. The van der Waals surface area contributed by atoms with Gasteiger partial charge in [-0.2, -0.15) is 5.26 Å². The lowest BCUT2D eigenvalue weighted by Crippen LogP contribution is -1.85. The summed E-state index contributed by atoms with van der Waals surface area (Å²) in [4.78, 5) is 0. The Balaban J connectivity index is 2.78. The zero-order chi connectivity index (χ0) is 7.40. The highest BCUT2D eigenvalue weighted by Crippen LogP contribution is 1.92. The first-order chi connectivity index (χ1) is 4.83. The van der Waals surface area contributed by atoms with E-state index in [1.54, 1.807) is 24.0 Å². The minimum absolute atomic E-state index is 0.698. The van der Waals surface area contributed by atoms with E-state index in [0.717, 1.165) is 0 Å². The highest BCUT2D eigenvalue weighted by molar-refractivity contribution is 5.45. The fourth-order valence-electron chi connectivity index (χ4n) is 0.564. The average molecular weight is 134 g/mol. The van der Waals surface area contributed by atoms with Crippen molar-refractivity contribution in [3.05, 3.63) is 18.0 Å². The normalized spacial score (nSPS) is 10.0. The summed E-state index contributed by atoms with van der Waals surface area (Å²) in [5.41, 5.74) is 0.698. The van der Waals surface area contributed by atoms with E-state index < -0.39 is 0 Å². The number of aromatic nitrogens is 3. The third-order valence-electron chi connectivity index (χ3n) is 0.949. The Labute approximate surface area is 58.4 Å². The second kappa shape index (κ2) is 2.78. The molecular weight excluding hydrogens is 128 g/mol. The van der Waals surface area contributed by atoms with Crippen LogP contribution in [0.15, 0.2) is 12.3 Å². The van der Waals surface area contributed by atoms with Gasteiger partial charge in [0.05, 0.1) is 12.3 Å². The molecule has 1 aromatic heterocycles. The number of rotatable bonds is 1. The Morgan fingerprint density at radius 2 is 2.60 bits per heavy atom. The van der Waals surface area contributed by atoms with Gasteiger partial charge in [0.2, 0.25) is 0 Å². The van der Waals surface area contributed by atoms with E-state index in [0.29, 0.717) is 5.69 Å². The SMILES string of the molecule is Cn1cc(/C=C/C#N)nn1. The predicted octanol–water partition coefficient (Wildman–Crippen LogP) is 0.352. The number of allylic oxidation sites excluding steroid dienone is 1. The molecule has 10 heavy (non-hydrogen) atoms. The van der Waals surface area contributed by atoms with Crippen molar-refractivity contribution in [1.29, 1.82) is 5.26 Å². The second-order valence-corrected chi connectivity index (χ2v) is 1.78. The van der Waals surface area contributed by atoms with E-state index in [-0.39, 0.29) is 0 Å². The molecule has 0 aromatic carbocycles. The van der Waals surface area contributed by atoms with Gasteiger partial charge in [0, 0.05) is 13.1 Å². The minimum atomic E-state index is 0.698. The van der Waals surface area contributed by atoms with Crippen LogP contribution in [0.25, 0.3) is 6.08 Å². The van der Waals surface area contributed by atoms with E-state index in [1.165, 1.54) is 6.08 Å². The van der Waals surface area contributed by atoms with Crippen molar-refractivity contribution in [3.8, 4) is 6.07 Å². The fourth-order valence-corrected chi connectivity index (χ4v) is 0.564. The van der Waals surface area contributed by atoms with Crippen molar-refractivity contribution in [2.75, 3.05) is 0 Å². The van der Waals surface area contributed by atoms with Crippen LogP contribution in [-0.2, 0) is 7.05 Å². The van der Waals surface area contributed by atoms with E-state index in [2.05, 4.69) is 10.3 Å². The van der Waals surface area contributed by atoms with Crippen LogP contribution in [0.5, 0.6) is 0 Å². The maximum atomic E-state index is 8.14. The predicted molar refractivity (Wildman–Crippen MR) is 35.7 cm³/mol. The summed E-state index contributed by atoms with van der Waals surface area (Å²) in [5.74, 6) is 0. The summed E-state index contributed by atoms with van der Waals surface area (Å²) in [7, 11) is 1.77. The van der Waals surface area contributed by atoms with Crippen LogP contribution in [0.1, 0.15) is 5.69 Å². The summed E-state index contributed by atoms with van der Waals surface area (Å²) in [6.45, 7) is 0. The molecule has 0 atom stereocenters. The zero-order valence-electron chi connectivity index (χ0n) is 5.52. The minimum Gasteiger partial charge on any atom is -0.255 e. The molecule has 0 spiro atoms. The summed E-state index contributed by atoms with van der Waals surface area (Å²) in [6.07, 6.45) is 4.70. The number of aryl methyl sites for hydroxylation is 1. The molecule has 4 nitrogen and oxygen atoms in total. The Morgan fingerprint density at radius 1 is 1.80 bits per heavy atom. The lowest BCUT2D eigenvalue weighted by atomic mass is 10.4. The number of nitriles is 1. The monoisotopic (exact) mass is 134 g/mol. The molecule has 0 aliphatic heterocycles. The van der Waals surface area contributed by atoms with Crippen molar-refractivity contribution in [1.82, 2.24) is 15.0 Å². The van der Waals surface area contributed by atoms with Crippen molar-refractivity contribution in [2.24, 2.45) is 7.05 Å². The zero-order valence-corrected chi connectivity index (χ0v) is 5.52. The van der Waals surface area contributed by atoms with Gasteiger partial charge in [-0.15, -0.1) is 5.10 Å². The van der Waals surface area contributed by atoms with Crippen molar-refractivity contribution in [3.63, 3.8) is 0 Å². The molecular formula is C6H6N4. The Morgan fingerprint density at radius 3 is 3.10 bits per heavy atom. The largest absolute Gasteiger partial charge is 0.255 e. The van der Waals surface area contributed by atoms with Crippen LogP contribution < -0.4 is 0 Å². The van der Waals surface area contributed by atoms with Gasteiger partial charge >= 0.3 is 0 Å². The molecule has 0 saturated carbocycles. The Kier molecular flexibility index (Phi) is 1.80. The topological polar surface area (TPSA) is 54.5 Å². The summed E-state index contributed by atoms with van der Waals surface area (Å²) in [6, 6.07) is 1.87. The van der Waals surface area contributed by atoms with E-state index in [1.807, 2.05) is 6.07 Å². The van der Waals surface area contributed by atoms with Crippen LogP contribution >= 0.6 is 0 Å². The molecule has 1 rings (SSSR count). The van der Waals surface area contributed by atoms with E-state index in [4.69, 9.17) is 5.26 Å². The molecule has 0 unspecified atom stereocenters. The van der Waals surface area contributed by atoms with Gasteiger partial charge < -0.3 is 0 Å². The van der Waals surface area contributed by atoms with Crippen LogP contribution in [-0.4, -0.2) is 15.0 Å². The quantitative estimate of drug-likeness (QED) is 0.521. The van der Waals surface area contributed by atoms with E-state index in [9.17, 15) is 0 Å². The first-order valence-corrected chi connectivity index (χ1v) is 2.75. The molecule has 0 amide bonds. The molecule has 4 heteroatoms. The third kappa shape index (κ3) is 1.42. The highest BCUT2D eigenvalue weighted by atomic mass is 15.4. The summed E-state index contributed by atoms with van der Waals surface area (Å²) < 4.78 is 1.58. The molecule has 1 aromatic rings. The average Bonchev–Trinajstić information content (AvgIpc) is 2.31. The molecule has 0 fully saturated rings. The number of hydrogen-bond donors (Lipinski definition) is 0. The molecule has 0 aliphatic carbocycles. The lowest BCUT2D eigenvalue weighted by Gasteiger charge is -1.76. The molecule has 0 saturated heterocycles. The lowest BCUT2D eigenvalue weighted by molar-refractivity contribution is 0.714. The van der Waals surface area contributed by atoms with Gasteiger partial charge in [-0.3, -0.25) is 4.68 Å². The van der Waals surface area contributed by atoms with Crippen molar-refractivity contribution >= 4 is 6.08 Å². The Hall–Kier alpha value is -1.63. The first-order valence-electron chi connectivity index (χ1n) is 2.75. The van der Waals surface area contributed by atoms with Crippen LogP contribution in [0.4, 0.5) is 0 Å². The van der Waals surface area contributed by atoms with Crippen LogP contribution in [0.2, 0.25) is 0 Å². The van der Waals surface area contributed by atoms with Gasteiger partial charge in [-0.25, -0.2) is 0 Å². The molecule has 0 radical (unpaired) electrons. The molecule has 50 valence electrons. The summed E-state index contributed by atoms with van der Waals surface area (Å²) in [5, 5.41) is 15.5. The molecule has 1 heterocycles. The van der Waals surface area contributed by atoms with Gasteiger partial charge in [0.1, 0.15) is 5.69 Å². The second-order valence-electron chi connectivity index (χ2n) is 1.78. The molecule has 0 N–H and O–H groups in total.